The highest BCUT2D eigenvalue weighted by Gasteiger charge is 2.17. The Morgan fingerprint density at radius 1 is 1.12 bits per heavy atom. The van der Waals surface area contributed by atoms with Crippen LogP contribution in [0.15, 0.2) is 49.9 Å². The van der Waals surface area contributed by atoms with Crippen molar-refractivity contribution in [3.05, 3.63) is 58.2 Å². The maximum atomic E-state index is 12.2. The fourth-order valence-corrected chi connectivity index (χ4v) is 2.70. The van der Waals surface area contributed by atoms with Crippen LogP contribution in [0.5, 0.6) is 0 Å². The summed E-state index contributed by atoms with van der Waals surface area (Å²) < 4.78 is 11.5. The van der Waals surface area contributed by atoms with E-state index in [9.17, 15) is 9.59 Å². The van der Waals surface area contributed by atoms with Gasteiger partial charge in [-0.2, -0.15) is 0 Å². The maximum Gasteiger partial charge on any atom is 0.287 e. The first-order chi connectivity index (χ1) is 11.6. The zero-order chi connectivity index (χ0) is 17.1. The summed E-state index contributed by atoms with van der Waals surface area (Å²) in [4.78, 5) is 23.9. The molecule has 3 rings (SSSR count). The van der Waals surface area contributed by atoms with E-state index in [1.165, 1.54) is 6.26 Å². The smallest absolute Gasteiger partial charge is 0.287 e. The first kappa shape index (κ1) is 16.3. The third-order valence-corrected chi connectivity index (χ3v) is 4.04. The van der Waals surface area contributed by atoms with Gasteiger partial charge in [0.1, 0.15) is 5.58 Å². The lowest BCUT2D eigenvalue weighted by Crippen LogP contribution is -2.34. The molecule has 6 nitrogen and oxygen atoms in total. The average Bonchev–Trinajstić information content (AvgIpc) is 3.20. The lowest BCUT2D eigenvalue weighted by atomic mass is 10.1. The molecule has 1 aromatic carbocycles. The molecule has 0 saturated carbocycles. The van der Waals surface area contributed by atoms with Crippen LogP contribution in [0.25, 0.3) is 11.0 Å². The lowest BCUT2D eigenvalue weighted by Gasteiger charge is -2.05. The Morgan fingerprint density at radius 3 is 2.58 bits per heavy atom. The van der Waals surface area contributed by atoms with Crippen LogP contribution < -0.4 is 10.6 Å². The van der Waals surface area contributed by atoms with E-state index in [1.807, 2.05) is 25.1 Å². The molecule has 0 aliphatic heterocycles. The van der Waals surface area contributed by atoms with E-state index in [2.05, 4.69) is 26.6 Å². The molecule has 24 heavy (non-hydrogen) atoms. The Morgan fingerprint density at radius 2 is 1.88 bits per heavy atom. The number of carbonyl (C=O) groups is 2. The number of fused-ring (bicyclic) bond motifs is 1. The number of aryl methyl sites for hydroxylation is 1. The van der Waals surface area contributed by atoms with Crippen LogP contribution in [0.2, 0.25) is 0 Å². The minimum absolute atomic E-state index is 0.236. The van der Waals surface area contributed by atoms with Crippen molar-refractivity contribution >= 4 is 38.7 Å². The molecule has 3 aromatic rings. The largest absolute Gasteiger partial charge is 0.459 e. The first-order valence-electron chi connectivity index (χ1n) is 7.35. The molecule has 0 saturated heterocycles. The van der Waals surface area contributed by atoms with Gasteiger partial charge in [0.2, 0.25) is 0 Å². The summed E-state index contributed by atoms with van der Waals surface area (Å²) in [5, 5.41) is 6.27. The maximum absolute atomic E-state index is 12.2. The van der Waals surface area contributed by atoms with Crippen molar-refractivity contribution in [2.45, 2.75) is 6.92 Å². The fourth-order valence-electron chi connectivity index (χ4n) is 2.34. The average molecular weight is 391 g/mol. The summed E-state index contributed by atoms with van der Waals surface area (Å²) in [6.45, 7) is 2.41. The first-order valence-corrected chi connectivity index (χ1v) is 8.14. The SMILES string of the molecule is Cc1c(C(=O)NCCNC(=O)c2ccco2)oc2ccc(Br)cc12. The van der Waals surface area contributed by atoms with Gasteiger partial charge in [0.25, 0.3) is 11.8 Å². The van der Waals surface area contributed by atoms with Crippen molar-refractivity contribution in [1.29, 1.82) is 0 Å². The molecule has 2 N–H and O–H groups in total. The number of carbonyl (C=O) groups excluding carboxylic acids is 2. The highest BCUT2D eigenvalue weighted by atomic mass is 79.9. The summed E-state index contributed by atoms with van der Waals surface area (Å²) in [5.74, 6) is -0.119. The van der Waals surface area contributed by atoms with E-state index in [0.29, 0.717) is 5.58 Å². The molecule has 2 amide bonds. The second-order valence-corrected chi connectivity index (χ2v) is 6.10. The predicted molar refractivity (Wildman–Crippen MR) is 92.0 cm³/mol. The molecule has 0 radical (unpaired) electrons. The highest BCUT2D eigenvalue weighted by Crippen LogP contribution is 2.27. The third kappa shape index (κ3) is 3.35. The molecule has 0 aliphatic rings. The van der Waals surface area contributed by atoms with Gasteiger partial charge in [-0.1, -0.05) is 15.9 Å². The van der Waals surface area contributed by atoms with Gasteiger partial charge >= 0.3 is 0 Å². The Labute approximate surface area is 146 Å². The minimum Gasteiger partial charge on any atom is -0.459 e. The van der Waals surface area contributed by atoms with Crippen molar-refractivity contribution in [1.82, 2.24) is 10.6 Å². The number of nitrogens with one attached hydrogen (secondary N) is 2. The monoisotopic (exact) mass is 390 g/mol. The summed E-state index contributed by atoms with van der Waals surface area (Å²) in [5.41, 5.74) is 1.44. The van der Waals surface area contributed by atoms with Crippen LogP contribution >= 0.6 is 15.9 Å². The van der Waals surface area contributed by atoms with Gasteiger partial charge in [0.15, 0.2) is 11.5 Å². The number of rotatable bonds is 5. The highest BCUT2D eigenvalue weighted by molar-refractivity contribution is 9.10. The summed E-state index contributed by atoms with van der Waals surface area (Å²) in [6, 6.07) is 8.79. The number of halogens is 1. The molecule has 0 fully saturated rings. The summed E-state index contributed by atoms with van der Waals surface area (Å²) in [6.07, 6.45) is 1.43. The second kappa shape index (κ2) is 6.92. The topological polar surface area (TPSA) is 84.5 Å². The molecule has 0 atom stereocenters. The molecule has 124 valence electrons. The van der Waals surface area contributed by atoms with Gasteiger partial charge in [-0.25, -0.2) is 0 Å². The number of hydrogen-bond donors (Lipinski definition) is 2. The molecule has 0 spiro atoms. The van der Waals surface area contributed by atoms with E-state index in [-0.39, 0.29) is 36.4 Å². The molecule has 0 unspecified atom stereocenters. The minimum atomic E-state index is -0.320. The Bertz CT molecular complexity index is 884. The normalized spacial score (nSPS) is 10.8. The molecular weight excluding hydrogens is 376 g/mol. The van der Waals surface area contributed by atoms with Crippen LogP contribution in [-0.4, -0.2) is 24.9 Å². The predicted octanol–water partition coefficient (Wildman–Crippen LogP) is 3.26. The molecule has 2 heterocycles. The van der Waals surface area contributed by atoms with Crippen LogP contribution in [0, 0.1) is 6.92 Å². The molecule has 7 heteroatoms. The van der Waals surface area contributed by atoms with Crippen molar-refractivity contribution in [2.75, 3.05) is 13.1 Å². The van der Waals surface area contributed by atoms with Crippen molar-refractivity contribution in [3.8, 4) is 0 Å². The number of furan rings is 2. The fraction of sp³-hybridized carbons (Fsp3) is 0.176. The molecule has 0 bridgehead atoms. The van der Waals surface area contributed by atoms with E-state index in [4.69, 9.17) is 8.83 Å². The Kier molecular flexibility index (Phi) is 4.71. The van der Waals surface area contributed by atoms with Crippen molar-refractivity contribution in [2.24, 2.45) is 0 Å². The van der Waals surface area contributed by atoms with Gasteiger partial charge in [-0.05, 0) is 37.3 Å². The second-order valence-electron chi connectivity index (χ2n) is 5.19. The van der Waals surface area contributed by atoms with Gasteiger partial charge in [-0.3, -0.25) is 9.59 Å². The van der Waals surface area contributed by atoms with Crippen LogP contribution in [0.4, 0.5) is 0 Å². The number of amides is 2. The van der Waals surface area contributed by atoms with Gasteiger partial charge < -0.3 is 19.5 Å². The third-order valence-electron chi connectivity index (χ3n) is 3.55. The number of benzene rings is 1. The van der Waals surface area contributed by atoms with E-state index < -0.39 is 0 Å². The van der Waals surface area contributed by atoms with Crippen molar-refractivity contribution in [3.63, 3.8) is 0 Å². The standard InChI is InChI=1S/C17H15BrN2O4/c1-10-12-9-11(18)4-5-13(12)24-15(10)17(22)20-7-6-19-16(21)14-3-2-8-23-14/h2-5,8-9H,6-7H2,1H3,(H,19,21)(H,20,22). The van der Waals surface area contributed by atoms with Crippen LogP contribution in [0.1, 0.15) is 26.7 Å². The summed E-state index contributed by atoms with van der Waals surface area (Å²) in [7, 11) is 0. The zero-order valence-corrected chi connectivity index (χ0v) is 14.5. The molecular formula is C17H15BrN2O4. The Balaban J connectivity index is 1.57. The zero-order valence-electron chi connectivity index (χ0n) is 12.9. The van der Waals surface area contributed by atoms with Gasteiger partial charge in [0, 0.05) is 28.5 Å². The summed E-state index contributed by atoms with van der Waals surface area (Å²) >= 11 is 3.40. The van der Waals surface area contributed by atoms with E-state index in [0.717, 1.165) is 15.4 Å². The molecule has 0 aliphatic carbocycles. The molecule has 2 aromatic heterocycles. The quantitative estimate of drug-likeness (QED) is 0.654. The lowest BCUT2D eigenvalue weighted by molar-refractivity contribution is 0.0901. The van der Waals surface area contributed by atoms with Crippen LogP contribution in [-0.2, 0) is 0 Å². The van der Waals surface area contributed by atoms with Crippen molar-refractivity contribution < 1.29 is 18.4 Å². The Hall–Kier alpha value is -2.54. The van der Waals surface area contributed by atoms with Crippen LogP contribution in [0.3, 0.4) is 0 Å². The number of hydrogen-bond acceptors (Lipinski definition) is 4. The van der Waals surface area contributed by atoms with E-state index in [1.54, 1.807) is 12.1 Å². The van der Waals surface area contributed by atoms with Gasteiger partial charge in [0.05, 0.1) is 6.26 Å². The van der Waals surface area contributed by atoms with Gasteiger partial charge in [-0.15, -0.1) is 0 Å². The van der Waals surface area contributed by atoms with E-state index >= 15 is 0 Å².